The molecule has 1 fully saturated rings. The van der Waals surface area contributed by atoms with Crippen LogP contribution in [-0.2, 0) is 4.74 Å². The fraction of sp³-hybridized carbons (Fsp3) is 0.500. The minimum Gasteiger partial charge on any atom is -0.379 e. The average molecular weight is 242 g/mol. The highest BCUT2D eigenvalue weighted by atomic mass is 19.1. The molecule has 1 unspecified atom stereocenters. The normalized spacial score (nSPS) is 19.2. The summed E-state index contributed by atoms with van der Waals surface area (Å²) >= 11 is 0. The number of rotatable bonds is 3. The number of nitrogens with two attached hydrogens (primary N) is 1. The van der Waals surface area contributed by atoms with Crippen LogP contribution in [0.1, 0.15) is 11.6 Å². The smallest absolute Gasteiger partial charge is 0.130 e. The first-order chi connectivity index (χ1) is 8.24. The molecule has 0 spiro atoms. The molecule has 0 bridgehead atoms. The highest BCUT2D eigenvalue weighted by molar-refractivity contribution is 5.24. The fourth-order valence-electron chi connectivity index (χ4n) is 2.17. The van der Waals surface area contributed by atoms with Crippen LogP contribution in [0.25, 0.3) is 0 Å². The number of nitrogens with zero attached hydrogens (tertiary/aromatic N) is 1. The van der Waals surface area contributed by atoms with Crippen molar-refractivity contribution in [1.29, 1.82) is 0 Å². The number of halogens is 2. The van der Waals surface area contributed by atoms with Crippen molar-refractivity contribution in [3.8, 4) is 0 Å². The van der Waals surface area contributed by atoms with Crippen molar-refractivity contribution >= 4 is 0 Å². The third kappa shape index (κ3) is 2.62. The second-order valence-corrected chi connectivity index (χ2v) is 4.04. The number of ether oxygens (including phenoxy) is 1. The van der Waals surface area contributed by atoms with Gasteiger partial charge in [-0.2, -0.15) is 0 Å². The van der Waals surface area contributed by atoms with Crippen molar-refractivity contribution in [2.45, 2.75) is 6.04 Å². The van der Waals surface area contributed by atoms with Crippen LogP contribution in [0.5, 0.6) is 0 Å². The van der Waals surface area contributed by atoms with E-state index in [-0.39, 0.29) is 12.1 Å². The van der Waals surface area contributed by atoms with Crippen LogP contribution >= 0.6 is 0 Å². The standard InChI is InChI=1S/C12H16F2N2O/c13-9-2-1-3-10(14)12(9)11(8-15)16-4-6-17-7-5-16/h1-3,11H,4-8,15H2. The van der Waals surface area contributed by atoms with Crippen LogP contribution in [0.4, 0.5) is 8.78 Å². The van der Waals surface area contributed by atoms with Gasteiger partial charge in [-0.1, -0.05) is 6.07 Å². The molecule has 5 heteroatoms. The zero-order chi connectivity index (χ0) is 12.3. The van der Waals surface area contributed by atoms with E-state index in [4.69, 9.17) is 10.5 Å². The van der Waals surface area contributed by atoms with Gasteiger partial charge >= 0.3 is 0 Å². The van der Waals surface area contributed by atoms with Crippen LogP contribution < -0.4 is 5.73 Å². The van der Waals surface area contributed by atoms with Gasteiger partial charge in [-0.25, -0.2) is 8.78 Å². The van der Waals surface area contributed by atoms with Crippen molar-refractivity contribution in [1.82, 2.24) is 4.90 Å². The summed E-state index contributed by atoms with van der Waals surface area (Å²) in [4.78, 5) is 1.96. The van der Waals surface area contributed by atoms with Gasteiger partial charge in [-0.15, -0.1) is 0 Å². The Kier molecular flexibility index (Phi) is 4.04. The highest BCUT2D eigenvalue weighted by Crippen LogP contribution is 2.25. The monoisotopic (exact) mass is 242 g/mol. The highest BCUT2D eigenvalue weighted by Gasteiger charge is 2.26. The SMILES string of the molecule is NCC(c1c(F)cccc1F)N1CCOCC1. The maximum atomic E-state index is 13.7. The van der Waals surface area contributed by atoms with E-state index < -0.39 is 17.7 Å². The molecule has 2 N–H and O–H groups in total. The summed E-state index contributed by atoms with van der Waals surface area (Å²) in [6, 6.07) is 3.48. The van der Waals surface area contributed by atoms with Crippen molar-refractivity contribution in [2.24, 2.45) is 5.73 Å². The maximum absolute atomic E-state index is 13.7. The summed E-state index contributed by atoms with van der Waals surface area (Å²) in [5, 5.41) is 0. The third-order valence-electron chi connectivity index (χ3n) is 3.04. The minimum absolute atomic E-state index is 0.0666. The summed E-state index contributed by atoms with van der Waals surface area (Å²) in [5.41, 5.74) is 5.72. The van der Waals surface area contributed by atoms with Gasteiger partial charge in [0.25, 0.3) is 0 Å². The molecule has 3 nitrogen and oxygen atoms in total. The first kappa shape index (κ1) is 12.4. The zero-order valence-corrected chi connectivity index (χ0v) is 9.53. The molecular formula is C12H16F2N2O. The van der Waals surface area contributed by atoms with Gasteiger partial charge < -0.3 is 10.5 Å². The summed E-state index contributed by atoms with van der Waals surface area (Å²) in [7, 11) is 0. The molecule has 0 radical (unpaired) electrons. The largest absolute Gasteiger partial charge is 0.379 e. The molecule has 1 heterocycles. The van der Waals surface area contributed by atoms with Gasteiger partial charge in [0.1, 0.15) is 11.6 Å². The van der Waals surface area contributed by atoms with E-state index in [1.54, 1.807) is 0 Å². The Hall–Kier alpha value is -1.04. The van der Waals surface area contributed by atoms with Gasteiger partial charge in [0.2, 0.25) is 0 Å². The van der Waals surface area contributed by atoms with Crippen molar-refractivity contribution < 1.29 is 13.5 Å². The molecule has 0 aromatic heterocycles. The van der Waals surface area contributed by atoms with Gasteiger partial charge in [-0.05, 0) is 12.1 Å². The van der Waals surface area contributed by atoms with Gasteiger partial charge in [0.15, 0.2) is 0 Å². The average Bonchev–Trinajstić information content (AvgIpc) is 2.35. The lowest BCUT2D eigenvalue weighted by Crippen LogP contribution is -2.42. The first-order valence-corrected chi connectivity index (χ1v) is 5.70. The van der Waals surface area contributed by atoms with E-state index in [1.165, 1.54) is 18.2 Å². The lowest BCUT2D eigenvalue weighted by molar-refractivity contribution is 0.0164. The van der Waals surface area contributed by atoms with Crippen LogP contribution in [0.15, 0.2) is 18.2 Å². The molecular weight excluding hydrogens is 226 g/mol. The summed E-state index contributed by atoms with van der Waals surface area (Å²) < 4.78 is 32.6. The van der Waals surface area contributed by atoms with Crippen molar-refractivity contribution in [3.05, 3.63) is 35.4 Å². The third-order valence-corrected chi connectivity index (χ3v) is 3.04. The lowest BCUT2D eigenvalue weighted by Gasteiger charge is -2.34. The first-order valence-electron chi connectivity index (χ1n) is 5.70. The molecule has 1 atom stereocenters. The molecule has 17 heavy (non-hydrogen) atoms. The van der Waals surface area contributed by atoms with E-state index >= 15 is 0 Å². The van der Waals surface area contributed by atoms with Crippen LogP contribution in [0.3, 0.4) is 0 Å². The van der Waals surface area contributed by atoms with Crippen LogP contribution in [0, 0.1) is 11.6 Å². The molecule has 0 saturated carbocycles. The predicted molar refractivity (Wildman–Crippen MR) is 60.5 cm³/mol. The molecule has 0 aliphatic carbocycles. The number of benzene rings is 1. The van der Waals surface area contributed by atoms with E-state index in [0.29, 0.717) is 26.3 Å². The molecule has 1 saturated heterocycles. The Labute approximate surface area is 99.2 Å². The topological polar surface area (TPSA) is 38.5 Å². The Morgan fingerprint density at radius 1 is 1.24 bits per heavy atom. The zero-order valence-electron chi connectivity index (χ0n) is 9.53. The Bertz CT molecular complexity index is 361. The Balaban J connectivity index is 2.27. The summed E-state index contributed by atoms with van der Waals surface area (Å²) in [6.45, 7) is 2.64. The van der Waals surface area contributed by atoms with Crippen LogP contribution in [0.2, 0.25) is 0 Å². The molecule has 94 valence electrons. The van der Waals surface area contributed by atoms with Gasteiger partial charge in [-0.3, -0.25) is 4.90 Å². The Morgan fingerprint density at radius 3 is 2.35 bits per heavy atom. The minimum atomic E-state index is -0.535. The lowest BCUT2D eigenvalue weighted by atomic mass is 10.0. The quantitative estimate of drug-likeness (QED) is 0.868. The van der Waals surface area contributed by atoms with E-state index in [1.807, 2.05) is 4.90 Å². The summed E-state index contributed by atoms with van der Waals surface area (Å²) in [5.74, 6) is -1.07. The number of hydrogen-bond donors (Lipinski definition) is 1. The molecule has 1 aromatic carbocycles. The van der Waals surface area contributed by atoms with Crippen molar-refractivity contribution in [2.75, 3.05) is 32.8 Å². The van der Waals surface area contributed by atoms with E-state index in [0.717, 1.165) is 0 Å². The second-order valence-electron chi connectivity index (χ2n) is 4.04. The maximum Gasteiger partial charge on any atom is 0.130 e. The van der Waals surface area contributed by atoms with Gasteiger partial charge in [0, 0.05) is 25.2 Å². The number of hydrogen-bond acceptors (Lipinski definition) is 3. The molecule has 1 aliphatic heterocycles. The van der Waals surface area contributed by atoms with E-state index in [9.17, 15) is 8.78 Å². The second kappa shape index (κ2) is 5.53. The van der Waals surface area contributed by atoms with Crippen LogP contribution in [-0.4, -0.2) is 37.7 Å². The Morgan fingerprint density at radius 2 is 1.82 bits per heavy atom. The molecule has 2 rings (SSSR count). The van der Waals surface area contributed by atoms with E-state index in [2.05, 4.69) is 0 Å². The molecule has 1 aromatic rings. The van der Waals surface area contributed by atoms with Gasteiger partial charge in [0.05, 0.1) is 19.3 Å². The molecule has 0 amide bonds. The molecule has 1 aliphatic rings. The summed E-state index contributed by atoms with van der Waals surface area (Å²) in [6.07, 6.45) is 0. The van der Waals surface area contributed by atoms with Crippen molar-refractivity contribution in [3.63, 3.8) is 0 Å². The predicted octanol–water partition coefficient (Wildman–Crippen LogP) is 1.30. The number of morpholine rings is 1. The fourth-order valence-corrected chi connectivity index (χ4v) is 2.17.